The number of amides is 1. The van der Waals surface area contributed by atoms with Crippen molar-refractivity contribution in [2.45, 2.75) is 334 Å². The Morgan fingerprint density at radius 1 is 0.400 bits per heavy atom. The third kappa shape index (κ3) is 55.1. The van der Waals surface area contributed by atoms with Crippen LogP contribution in [0.4, 0.5) is 0 Å². The van der Waals surface area contributed by atoms with Gasteiger partial charge in [0.2, 0.25) is 5.91 Å². The number of hydrogen-bond donors (Lipinski definition) is 3. The zero-order chi connectivity index (χ0) is 50.7. The van der Waals surface area contributed by atoms with Gasteiger partial charge in [0.05, 0.1) is 25.4 Å². The Labute approximate surface area is 436 Å². The zero-order valence-electron chi connectivity index (χ0n) is 46.7. The van der Waals surface area contributed by atoms with Gasteiger partial charge in [0.1, 0.15) is 0 Å². The lowest BCUT2D eigenvalue weighted by Crippen LogP contribution is -2.45. The molecule has 0 aromatic carbocycles. The largest absolute Gasteiger partial charge is 0.466 e. The van der Waals surface area contributed by atoms with Crippen LogP contribution in [0.3, 0.4) is 0 Å². The second kappa shape index (κ2) is 59.4. The summed E-state index contributed by atoms with van der Waals surface area (Å²) in [6.07, 6.45) is 75.7. The molecule has 0 saturated heterocycles. The molecule has 2 atom stereocenters. The smallest absolute Gasteiger partial charge is 0.305 e. The van der Waals surface area contributed by atoms with Gasteiger partial charge in [0, 0.05) is 12.8 Å². The molecule has 70 heavy (non-hydrogen) atoms. The van der Waals surface area contributed by atoms with Crippen molar-refractivity contribution in [3.63, 3.8) is 0 Å². The molecule has 0 aromatic heterocycles. The van der Waals surface area contributed by atoms with E-state index in [0.29, 0.717) is 19.4 Å². The van der Waals surface area contributed by atoms with Gasteiger partial charge >= 0.3 is 5.97 Å². The molecule has 0 saturated carbocycles. The van der Waals surface area contributed by atoms with E-state index >= 15 is 0 Å². The Balaban J connectivity index is 3.49. The number of esters is 1. The van der Waals surface area contributed by atoms with Crippen LogP contribution in [0.5, 0.6) is 0 Å². The fraction of sp³-hybridized carbons (Fsp3) is 0.844. The van der Waals surface area contributed by atoms with Gasteiger partial charge in [-0.3, -0.25) is 9.59 Å². The Morgan fingerprint density at radius 3 is 1.11 bits per heavy atom. The first-order valence-electron chi connectivity index (χ1n) is 30.9. The van der Waals surface area contributed by atoms with Crippen molar-refractivity contribution in [2.24, 2.45) is 0 Å². The normalized spacial score (nSPS) is 12.9. The molecule has 0 aromatic rings. The molecule has 0 spiro atoms. The van der Waals surface area contributed by atoms with Crippen molar-refractivity contribution < 1.29 is 24.5 Å². The third-order valence-corrected chi connectivity index (χ3v) is 14.1. The first-order chi connectivity index (χ1) is 34.5. The van der Waals surface area contributed by atoms with Gasteiger partial charge < -0.3 is 20.3 Å². The van der Waals surface area contributed by atoms with Crippen molar-refractivity contribution in [3.05, 3.63) is 48.6 Å². The molecule has 0 fully saturated rings. The van der Waals surface area contributed by atoms with Crippen LogP contribution in [-0.2, 0) is 14.3 Å². The average molecular weight is 983 g/mol. The molecular formula is C64H119NO5. The maximum absolute atomic E-state index is 12.5. The summed E-state index contributed by atoms with van der Waals surface area (Å²) >= 11 is 0. The molecule has 0 rings (SSSR count). The summed E-state index contributed by atoms with van der Waals surface area (Å²) in [5.74, 6) is -0.0805. The van der Waals surface area contributed by atoms with Crippen molar-refractivity contribution in [3.8, 4) is 0 Å². The highest BCUT2D eigenvalue weighted by atomic mass is 16.5. The number of unbranched alkanes of at least 4 members (excludes halogenated alkanes) is 40. The monoisotopic (exact) mass is 982 g/mol. The lowest BCUT2D eigenvalue weighted by Gasteiger charge is -2.20. The van der Waals surface area contributed by atoms with Gasteiger partial charge in [0.25, 0.3) is 0 Å². The molecule has 1 amide bonds. The van der Waals surface area contributed by atoms with Crippen LogP contribution in [0.2, 0.25) is 0 Å². The number of carbonyl (C=O) groups excluding carboxylic acids is 2. The van der Waals surface area contributed by atoms with E-state index in [4.69, 9.17) is 4.74 Å². The molecule has 3 N–H and O–H groups in total. The van der Waals surface area contributed by atoms with Crippen LogP contribution >= 0.6 is 0 Å². The highest BCUT2D eigenvalue weighted by Crippen LogP contribution is 2.16. The summed E-state index contributed by atoms with van der Waals surface area (Å²) in [4.78, 5) is 24.5. The maximum Gasteiger partial charge on any atom is 0.305 e. The zero-order valence-corrected chi connectivity index (χ0v) is 46.7. The molecule has 410 valence electrons. The van der Waals surface area contributed by atoms with Gasteiger partial charge in [0.15, 0.2) is 0 Å². The van der Waals surface area contributed by atoms with E-state index in [1.165, 1.54) is 231 Å². The highest BCUT2D eigenvalue weighted by molar-refractivity contribution is 5.76. The number of allylic oxidation sites excluding steroid dienone is 7. The van der Waals surface area contributed by atoms with Crippen LogP contribution < -0.4 is 5.32 Å². The second-order valence-electron chi connectivity index (χ2n) is 21.0. The predicted octanol–water partition coefficient (Wildman–Crippen LogP) is 19.4. The molecular weight excluding hydrogens is 863 g/mol. The molecule has 0 aliphatic rings. The number of nitrogens with one attached hydrogen (secondary N) is 1. The number of carbonyl (C=O) groups is 2. The van der Waals surface area contributed by atoms with Gasteiger partial charge in [-0.1, -0.05) is 268 Å². The summed E-state index contributed by atoms with van der Waals surface area (Å²) in [5, 5.41) is 23.1. The molecule has 0 aliphatic heterocycles. The molecule has 0 bridgehead atoms. The fourth-order valence-corrected chi connectivity index (χ4v) is 9.31. The first kappa shape index (κ1) is 67.8. The Bertz CT molecular complexity index is 1180. The summed E-state index contributed by atoms with van der Waals surface area (Å²) < 4.78 is 5.46. The van der Waals surface area contributed by atoms with E-state index in [2.05, 4.69) is 55.6 Å². The van der Waals surface area contributed by atoms with Gasteiger partial charge in [-0.15, -0.1) is 0 Å². The Morgan fingerprint density at radius 2 is 0.714 bits per heavy atom. The lowest BCUT2D eigenvalue weighted by atomic mass is 10.0. The summed E-state index contributed by atoms with van der Waals surface area (Å²) in [5.41, 5.74) is 0. The number of hydrogen-bond acceptors (Lipinski definition) is 5. The Kier molecular flexibility index (Phi) is 57.5. The average Bonchev–Trinajstić information content (AvgIpc) is 3.36. The van der Waals surface area contributed by atoms with Gasteiger partial charge in [-0.05, 0) is 89.9 Å². The van der Waals surface area contributed by atoms with Crippen molar-refractivity contribution >= 4 is 11.9 Å². The summed E-state index contributed by atoms with van der Waals surface area (Å²) in [6, 6.07) is -0.636. The molecule has 0 radical (unpaired) electrons. The van der Waals surface area contributed by atoms with Crippen LogP contribution in [0.25, 0.3) is 0 Å². The topological polar surface area (TPSA) is 95.9 Å². The van der Waals surface area contributed by atoms with Crippen molar-refractivity contribution in [1.29, 1.82) is 0 Å². The van der Waals surface area contributed by atoms with Crippen LogP contribution in [0.1, 0.15) is 322 Å². The molecule has 6 nitrogen and oxygen atoms in total. The number of aliphatic hydroxyl groups is 2. The predicted molar refractivity (Wildman–Crippen MR) is 306 cm³/mol. The van der Waals surface area contributed by atoms with Gasteiger partial charge in [-0.2, -0.15) is 0 Å². The van der Waals surface area contributed by atoms with E-state index in [9.17, 15) is 19.8 Å². The summed E-state index contributed by atoms with van der Waals surface area (Å²) in [7, 11) is 0. The van der Waals surface area contributed by atoms with E-state index in [1.54, 1.807) is 6.08 Å². The second-order valence-corrected chi connectivity index (χ2v) is 21.0. The number of ether oxygens (including phenoxy) is 1. The van der Waals surface area contributed by atoms with E-state index in [0.717, 1.165) is 64.2 Å². The minimum absolute atomic E-state index is 0.00308. The molecule has 2 unspecified atom stereocenters. The molecule has 0 aliphatic carbocycles. The fourth-order valence-electron chi connectivity index (χ4n) is 9.31. The first-order valence-corrected chi connectivity index (χ1v) is 30.9. The maximum atomic E-state index is 12.5. The van der Waals surface area contributed by atoms with E-state index in [-0.39, 0.29) is 18.5 Å². The Hall–Kier alpha value is -2.18. The number of aliphatic hydroxyl groups excluding tert-OH is 2. The quantitative estimate of drug-likeness (QED) is 0.0321. The van der Waals surface area contributed by atoms with E-state index in [1.807, 2.05) is 6.08 Å². The van der Waals surface area contributed by atoms with Crippen molar-refractivity contribution in [1.82, 2.24) is 5.32 Å². The highest BCUT2D eigenvalue weighted by Gasteiger charge is 2.18. The molecule has 6 heteroatoms. The minimum Gasteiger partial charge on any atom is -0.466 e. The lowest BCUT2D eigenvalue weighted by molar-refractivity contribution is -0.143. The van der Waals surface area contributed by atoms with Crippen LogP contribution in [0, 0.1) is 0 Å². The minimum atomic E-state index is -0.852. The third-order valence-electron chi connectivity index (χ3n) is 14.1. The van der Waals surface area contributed by atoms with Gasteiger partial charge in [-0.25, -0.2) is 0 Å². The van der Waals surface area contributed by atoms with Crippen molar-refractivity contribution in [2.75, 3.05) is 13.2 Å². The van der Waals surface area contributed by atoms with E-state index < -0.39 is 12.1 Å². The SMILES string of the molecule is CCCCCC/C=C\CCCCCCCC(=O)OCCCCCCCCCCC/C=C\C/C=C\CCCCCCCCCC(=O)NC(CO)C(O)/C=C/CCCCCCCCCCCCCCCCC. The standard InChI is InChI=1S/C64H119NO5/c1-3-5-7-9-11-13-15-17-18-26-29-33-36-40-44-48-52-56-62(67)61(60-66)65-63(68)57-53-49-45-41-37-34-30-27-24-22-20-19-21-23-25-28-31-35-39-43-47-51-55-59-70-64(69)58-54-50-46-42-38-32-16-14-12-10-8-6-4-2/h14,16,19,21-22,24,52,56,61-62,66-67H,3-13,15,17-18,20,23,25-51,53-55,57-60H2,1-2H3,(H,65,68)/b16-14-,21-19-,24-22-,56-52+. The summed E-state index contributed by atoms with van der Waals surface area (Å²) in [6.45, 7) is 4.89. The van der Waals surface area contributed by atoms with Crippen LogP contribution in [-0.4, -0.2) is 47.4 Å². The number of rotatable bonds is 57. The van der Waals surface area contributed by atoms with Crippen LogP contribution in [0.15, 0.2) is 48.6 Å². The molecule has 0 heterocycles.